The summed E-state index contributed by atoms with van der Waals surface area (Å²) in [6.45, 7) is 7.66. The van der Waals surface area contributed by atoms with E-state index in [9.17, 15) is 4.79 Å². The molecule has 2 saturated heterocycles. The van der Waals surface area contributed by atoms with Gasteiger partial charge in [-0.3, -0.25) is 4.79 Å². The Labute approximate surface area is 237 Å². The van der Waals surface area contributed by atoms with Crippen LogP contribution in [0.3, 0.4) is 0 Å². The van der Waals surface area contributed by atoms with E-state index in [0.717, 1.165) is 11.8 Å². The Bertz CT molecular complexity index is 1460. The van der Waals surface area contributed by atoms with Crippen LogP contribution in [-0.2, 0) is 14.3 Å². The van der Waals surface area contributed by atoms with Gasteiger partial charge in [0.2, 0.25) is 0 Å². The molecule has 1 unspecified atom stereocenters. The molecule has 0 radical (unpaired) electrons. The molecule has 3 atom stereocenters. The van der Waals surface area contributed by atoms with E-state index in [0.29, 0.717) is 49.7 Å². The summed E-state index contributed by atoms with van der Waals surface area (Å²) in [5.74, 6) is -1.00. The van der Waals surface area contributed by atoms with Crippen molar-refractivity contribution in [2.75, 3.05) is 57.8 Å². The molecule has 0 amide bonds. The Morgan fingerprint density at radius 1 is 1.20 bits per heavy atom. The van der Waals surface area contributed by atoms with Gasteiger partial charge in [0.1, 0.15) is 11.6 Å². The number of anilines is 2. The molecule has 1 N–H and O–H groups in total. The number of allylic oxidation sites excluding steroid dienone is 1. The fourth-order valence-electron chi connectivity index (χ4n) is 5.46. The normalized spacial score (nSPS) is 22.2. The Hall–Kier alpha value is -3.83. The summed E-state index contributed by atoms with van der Waals surface area (Å²) in [7, 11) is 4.28. The first kappa shape index (κ1) is 28.7. The second-order valence-corrected chi connectivity index (χ2v) is 10.7. The Morgan fingerprint density at radius 3 is 2.56 bits per heavy atom. The van der Waals surface area contributed by atoms with Gasteiger partial charge in [-0.1, -0.05) is 6.58 Å². The van der Waals surface area contributed by atoms with Crippen molar-refractivity contribution in [2.45, 2.75) is 31.4 Å². The molecule has 0 saturated carbocycles. The lowest BCUT2D eigenvalue weighted by Gasteiger charge is -2.25. The van der Waals surface area contributed by atoms with Gasteiger partial charge in [0.25, 0.3) is 0 Å². The molecule has 2 aliphatic heterocycles. The van der Waals surface area contributed by atoms with Crippen LogP contribution in [0.25, 0.3) is 22.0 Å². The van der Waals surface area contributed by atoms with Crippen molar-refractivity contribution in [3.05, 3.63) is 48.7 Å². The third-order valence-corrected chi connectivity index (χ3v) is 7.97. The van der Waals surface area contributed by atoms with E-state index in [1.807, 2.05) is 13.0 Å². The van der Waals surface area contributed by atoms with Crippen LogP contribution < -0.4 is 19.7 Å². The number of ether oxygens (including phenoxy) is 4. The van der Waals surface area contributed by atoms with Gasteiger partial charge in [0.15, 0.2) is 28.9 Å². The molecule has 0 bridgehead atoms. The number of nitrogens with zero attached hydrogens (tertiary/aromatic N) is 3. The summed E-state index contributed by atoms with van der Waals surface area (Å²) >= 11 is 0. The molecule has 218 valence electrons. The van der Waals surface area contributed by atoms with E-state index < -0.39 is 17.2 Å². The maximum atomic E-state index is 15.5. The summed E-state index contributed by atoms with van der Waals surface area (Å²) < 4.78 is 52.7. The third-order valence-electron chi connectivity index (χ3n) is 7.97. The molecule has 4 heterocycles. The molecule has 0 spiro atoms. The largest absolute Gasteiger partial charge is 0.494 e. The number of benzene rings is 1. The van der Waals surface area contributed by atoms with E-state index in [1.165, 1.54) is 26.4 Å². The lowest BCUT2D eigenvalue weighted by atomic mass is 9.97. The molecule has 2 aromatic heterocycles. The number of carbonyl (C=O) groups excluding carboxylic acids is 1. The number of nitrogens with one attached hydrogen (secondary N) is 1. The Morgan fingerprint density at radius 2 is 1.93 bits per heavy atom. The molecule has 2 aliphatic rings. The first-order valence-corrected chi connectivity index (χ1v) is 13.4. The zero-order valence-corrected chi connectivity index (χ0v) is 23.6. The highest BCUT2D eigenvalue weighted by molar-refractivity contribution is 5.96. The van der Waals surface area contributed by atoms with Gasteiger partial charge in [-0.25, -0.2) is 18.7 Å². The van der Waals surface area contributed by atoms with Crippen LogP contribution in [0.2, 0.25) is 0 Å². The number of rotatable bonds is 10. The van der Waals surface area contributed by atoms with Crippen molar-refractivity contribution in [1.82, 2.24) is 9.97 Å². The summed E-state index contributed by atoms with van der Waals surface area (Å²) in [5, 5.41) is 4.80. The summed E-state index contributed by atoms with van der Waals surface area (Å²) in [4.78, 5) is 23.4. The maximum Gasteiger partial charge on any atom is 0.177 e. The SMILES string of the molecule is C=CC(=O)C[C@H]1COC[C@H]1Nc1cc2c(N3CCC(C)(OC)C3)nc(-c3c(F)c(OC)cc(OC)c3F)cc2cn1. The van der Waals surface area contributed by atoms with E-state index in [1.54, 1.807) is 19.4 Å². The number of pyridine rings is 2. The number of aromatic nitrogens is 2. The maximum absolute atomic E-state index is 15.5. The van der Waals surface area contributed by atoms with E-state index in [4.69, 9.17) is 23.9 Å². The second-order valence-electron chi connectivity index (χ2n) is 10.7. The topological polar surface area (TPSA) is 95.0 Å². The highest BCUT2D eigenvalue weighted by Crippen LogP contribution is 2.41. The molecule has 0 aliphatic carbocycles. The predicted molar refractivity (Wildman–Crippen MR) is 152 cm³/mol. The molecule has 2 fully saturated rings. The van der Waals surface area contributed by atoms with Crippen molar-refractivity contribution in [2.24, 2.45) is 5.92 Å². The van der Waals surface area contributed by atoms with Crippen molar-refractivity contribution in [3.8, 4) is 22.8 Å². The number of fused-ring (bicyclic) bond motifs is 1. The monoisotopic (exact) mass is 568 g/mol. The van der Waals surface area contributed by atoms with Crippen LogP contribution in [0.4, 0.5) is 20.4 Å². The number of methoxy groups -OCH3 is 3. The number of halogens is 2. The minimum absolute atomic E-state index is 0.0204. The molecule has 41 heavy (non-hydrogen) atoms. The van der Waals surface area contributed by atoms with Gasteiger partial charge in [0.05, 0.1) is 50.3 Å². The fraction of sp³-hybridized carbons (Fsp3) is 0.433. The summed E-state index contributed by atoms with van der Waals surface area (Å²) in [6, 6.07) is 4.53. The van der Waals surface area contributed by atoms with Crippen LogP contribution in [0.1, 0.15) is 19.8 Å². The number of hydrogen-bond acceptors (Lipinski definition) is 9. The van der Waals surface area contributed by atoms with Crippen molar-refractivity contribution >= 4 is 28.2 Å². The average molecular weight is 569 g/mol. The van der Waals surface area contributed by atoms with Crippen LogP contribution in [0, 0.1) is 17.6 Å². The minimum Gasteiger partial charge on any atom is -0.494 e. The van der Waals surface area contributed by atoms with Crippen LogP contribution >= 0.6 is 0 Å². The third kappa shape index (κ3) is 5.56. The number of carbonyl (C=O) groups is 1. The van der Waals surface area contributed by atoms with Crippen molar-refractivity contribution in [3.63, 3.8) is 0 Å². The van der Waals surface area contributed by atoms with E-state index >= 15 is 8.78 Å². The van der Waals surface area contributed by atoms with Gasteiger partial charge in [-0.2, -0.15) is 0 Å². The molecule has 9 nitrogen and oxygen atoms in total. The zero-order chi connectivity index (χ0) is 29.3. The van der Waals surface area contributed by atoms with E-state index in [2.05, 4.69) is 21.8 Å². The lowest BCUT2D eigenvalue weighted by molar-refractivity contribution is -0.115. The van der Waals surface area contributed by atoms with Crippen molar-refractivity contribution in [1.29, 1.82) is 0 Å². The molecule has 11 heteroatoms. The first-order chi connectivity index (χ1) is 19.7. The van der Waals surface area contributed by atoms with Gasteiger partial charge in [0, 0.05) is 55.6 Å². The molecule has 1 aromatic carbocycles. The molecular weight excluding hydrogens is 534 g/mol. The van der Waals surface area contributed by atoms with Crippen LogP contribution in [0.5, 0.6) is 11.5 Å². The standard InChI is InChI=1S/C30H34F2N4O5/c1-6-19(37)9-18-14-41-15-22(18)34-25-11-20-17(13-33-25)10-21(35-29(20)36-8-7-30(2,16-36)40-5)26-27(31)23(38-3)12-24(39-4)28(26)32/h6,10-13,18,22H,1,7-9,14-16H2,2-5H3,(H,33,34)/t18-,22+,30?/m0/s1. The van der Waals surface area contributed by atoms with Crippen molar-refractivity contribution < 1.29 is 32.5 Å². The quantitative estimate of drug-likeness (QED) is 0.347. The summed E-state index contributed by atoms with van der Waals surface area (Å²) in [5.41, 5.74) is -0.668. The fourth-order valence-corrected chi connectivity index (χ4v) is 5.46. The Kier molecular flexibility index (Phi) is 8.10. The van der Waals surface area contributed by atoms with Gasteiger partial charge < -0.3 is 29.2 Å². The average Bonchev–Trinajstić information content (AvgIpc) is 3.59. The van der Waals surface area contributed by atoms with E-state index in [-0.39, 0.29) is 40.5 Å². The number of hydrogen-bond donors (Lipinski definition) is 1. The first-order valence-electron chi connectivity index (χ1n) is 13.4. The second kappa shape index (κ2) is 11.6. The minimum atomic E-state index is -0.876. The zero-order valence-electron chi connectivity index (χ0n) is 23.6. The predicted octanol–water partition coefficient (Wildman–Crippen LogP) is 4.78. The van der Waals surface area contributed by atoms with Gasteiger partial charge in [-0.05, 0) is 31.6 Å². The van der Waals surface area contributed by atoms with Gasteiger partial charge in [-0.15, -0.1) is 0 Å². The van der Waals surface area contributed by atoms with Crippen LogP contribution in [-0.4, -0.2) is 75.0 Å². The lowest BCUT2D eigenvalue weighted by Crippen LogP contribution is -2.32. The highest BCUT2D eigenvalue weighted by Gasteiger charge is 2.36. The highest BCUT2D eigenvalue weighted by atomic mass is 19.1. The summed E-state index contributed by atoms with van der Waals surface area (Å²) in [6.07, 6.45) is 4.05. The number of ketones is 1. The Balaban J connectivity index is 1.61. The van der Waals surface area contributed by atoms with Crippen LogP contribution in [0.15, 0.2) is 37.1 Å². The molecular formula is C30H34F2N4O5. The molecule has 5 rings (SSSR count). The van der Waals surface area contributed by atoms with Gasteiger partial charge >= 0.3 is 0 Å². The smallest absolute Gasteiger partial charge is 0.177 e. The molecule has 3 aromatic rings.